The average Bonchev–Trinajstić information content (AvgIpc) is 3.48. The lowest BCUT2D eigenvalue weighted by Crippen LogP contribution is -2.28. The van der Waals surface area contributed by atoms with Crippen molar-refractivity contribution in [1.29, 1.82) is 0 Å². The van der Waals surface area contributed by atoms with Crippen molar-refractivity contribution in [2.75, 3.05) is 12.9 Å². The van der Waals surface area contributed by atoms with Gasteiger partial charge in [-0.1, -0.05) is 18.2 Å². The first kappa shape index (κ1) is 18.8. The van der Waals surface area contributed by atoms with Crippen LogP contribution in [0.5, 0.6) is 5.75 Å². The Morgan fingerprint density at radius 1 is 1.29 bits per heavy atom. The molecule has 1 unspecified atom stereocenters. The fraction of sp³-hybridized carbons (Fsp3) is 0.238. The van der Waals surface area contributed by atoms with Crippen molar-refractivity contribution in [3.05, 3.63) is 76.4 Å². The highest BCUT2D eigenvalue weighted by Gasteiger charge is 2.33. The van der Waals surface area contributed by atoms with Crippen LogP contribution < -0.4 is 4.74 Å². The molecule has 1 aliphatic rings. The van der Waals surface area contributed by atoms with Crippen molar-refractivity contribution in [2.45, 2.75) is 18.2 Å². The zero-order valence-electron chi connectivity index (χ0n) is 15.4. The summed E-state index contributed by atoms with van der Waals surface area (Å²) in [6, 6.07) is 15.6. The van der Waals surface area contributed by atoms with E-state index in [1.165, 1.54) is 11.8 Å². The molecule has 7 heteroatoms. The summed E-state index contributed by atoms with van der Waals surface area (Å²) in [5.74, 6) is 2.70. The van der Waals surface area contributed by atoms with Gasteiger partial charge >= 0.3 is 0 Å². The van der Waals surface area contributed by atoms with Gasteiger partial charge < -0.3 is 9.15 Å². The Morgan fingerprint density at radius 3 is 2.82 bits per heavy atom. The molecular weight excluding hydrogens is 392 g/mol. The number of nitrogens with zero attached hydrogens (tertiary/aromatic N) is 2. The Kier molecular flexibility index (Phi) is 5.83. The van der Waals surface area contributed by atoms with Crippen LogP contribution in [-0.4, -0.2) is 29.5 Å². The van der Waals surface area contributed by atoms with E-state index in [1.807, 2.05) is 53.9 Å². The Labute approximate surface area is 172 Å². The monoisotopic (exact) mass is 412 g/mol. The molecular formula is C21H20N2O3S2. The summed E-state index contributed by atoms with van der Waals surface area (Å²) in [7, 11) is 1.65. The molecule has 0 bridgehead atoms. The van der Waals surface area contributed by atoms with Gasteiger partial charge in [-0.05, 0) is 41.3 Å². The van der Waals surface area contributed by atoms with Crippen LogP contribution in [0.25, 0.3) is 0 Å². The number of hydrogen-bond acceptors (Lipinski definition) is 6. The summed E-state index contributed by atoms with van der Waals surface area (Å²) in [6.45, 7) is 0. The van der Waals surface area contributed by atoms with Crippen molar-refractivity contribution >= 4 is 34.7 Å². The van der Waals surface area contributed by atoms with Gasteiger partial charge in [-0.25, -0.2) is 5.01 Å². The minimum Gasteiger partial charge on any atom is -0.497 e. The Balaban J connectivity index is 1.51. The first-order chi connectivity index (χ1) is 13.7. The molecule has 0 radical (unpaired) electrons. The molecule has 4 rings (SSSR count). The normalized spacial score (nSPS) is 16.2. The van der Waals surface area contributed by atoms with E-state index >= 15 is 0 Å². The Bertz CT molecular complexity index is 935. The predicted molar refractivity (Wildman–Crippen MR) is 113 cm³/mol. The van der Waals surface area contributed by atoms with Gasteiger partial charge in [-0.15, -0.1) is 23.1 Å². The van der Waals surface area contributed by atoms with E-state index in [4.69, 9.17) is 9.15 Å². The topological polar surface area (TPSA) is 55.0 Å². The number of benzene rings is 1. The lowest BCUT2D eigenvalue weighted by Gasteiger charge is -2.22. The van der Waals surface area contributed by atoms with Crippen LogP contribution in [0, 0.1) is 0 Å². The van der Waals surface area contributed by atoms with Crippen LogP contribution in [-0.2, 0) is 10.5 Å². The predicted octanol–water partition coefficient (Wildman–Crippen LogP) is 4.96. The molecule has 1 atom stereocenters. The van der Waals surface area contributed by atoms with Crippen LogP contribution in [0.15, 0.2) is 69.7 Å². The number of hydrogen-bond donors (Lipinski definition) is 0. The van der Waals surface area contributed by atoms with E-state index in [0.29, 0.717) is 17.9 Å². The SMILES string of the molecule is COc1ccc(C2CC(c3cccs3)=NN2C(=O)CSCc2ccco2)cc1. The first-order valence-corrected chi connectivity index (χ1v) is 11.0. The molecule has 0 N–H and O–H groups in total. The summed E-state index contributed by atoms with van der Waals surface area (Å²) < 4.78 is 10.6. The van der Waals surface area contributed by atoms with E-state index in [-0.39, 0.29) is 11.9 Å². The van der Waals surface area contributed by atoms with Crippen molar-refractivity contribution < 1.29 is 13.9 Å². The van der Waals surface area contributed by atoms with E-state index in [9.17, 15) is 4.79 Å². The molecule has 0 spiro atoms. The van der Waals surface area contributed by atoms with Gasteiger partial charge in [0.1, 0.15) is 11.5 Å². The highest BCUT2D eigenvalue weighted by Crippen LogP contribution is 2.35. The largest absolute Gasteiger partial charge is 0.497 e. The number of carbonyl (C=O) groups excluding carboxylic acids is 1. The molecule has 3 heterocycles. The summed E-state index contributed by atoms with van der Waals surface area (Å²) in [5, 5.41) is 8.37. The van der Waals surface area contributed by atoms with E-state index in [1.54, 1.807) is 29.7 Å². The zero-order valence-corrected chi connectivity index (χ0v) is 17.0. The summed E-state index contributed by atoms with van der Waals surface area (Å²) in [6.07, 6.45) is 2.36. The van der Waals surface area contributed by atoms with Crippen molar-refractivity contribution in [2.24, 2.45) is 5.10 Å². The minimum absolute atomic E-state index is 0.00364. The molecule has 1 amide bonds. The third-order valence-corrected chi connectivity index (χ3v) is 6.38. The number of hydrazone groups is 1. The van der Waals surface area contributed by atoms with E-state index < -0.39 is 0 Å². The van der Waals surface area contributed by atoms with Crippen molar-refractivity contribution in [3.63, 3.8) is 0 Å². The van der Waals surface area contributed by atoms with Crippen molar-refractivity contribution in [1.82, 2.24) is 5.01 Å². The summed E-state index contributed by atoms with van der Waals surface area (Å²) in [5.41, 5.74) is 2.01. The van der Waals surface area contributed by atoms with Crippen LogP contribution in [0.1, 0.15) is 28.7 Å². The number of furan rings is 1. The standard InChI is InChI=1S/C21H20N2O3S2/c1-25-16-8-6-15(7-9-16)19-12-18(20-5-3-11-28-20)22-23(19)21(24)14-27-13-17-4-2-10-26-17/h2-11,19H,12-14H2,1H3. The molecule has 1 aromatic carbocycles. The lowest BCUT2D eigenvalue weighted by molar-refractivity contribution is -0.130. The quantitative estimate of drug-likeness (QED) is 0.550. The van der Waals surface area contributed by atoms with Gasteiger partial charge in [0, 0.05) is 6.42 Å². The number of methoxy groups -OCH3 is 1. The number of ether oxygens (including phenoxy) is 1. The fourth-order valence-electron chi connectivity index (χ4n) is 3.12. The van der Waals surface area contributed by atoms with Crippen LogP contribution >= 0.6 is 23.1 Å². The summed E-state index contributed by atoms with van der Waals surface area (Å²) in [4.78, 5) is 14.1. The maximum atomic E-state index is 12.9. The highest BCUT2D eigenvalue weighted by atomic mass is 32.2. The second kappa shape index (κ2) is 8.67. The smallest absolute Gasteiger partial charge is 0.253 e. The third kappa shape index (κ3) is 4.15. The molecule has 28 heavy (non-hydrogen) atoms. The zero-order chi connectivity index (χ0) is 19.3. The van der Waals surface area contributed by atoms with Crippen LogP contribution in [0.2, 0.25) is 0 Å². The highest BCUT2D eigenvalue weighted by molar-refractivity contribution is 7.99. The molecule has 3 aromatic rings. The van der Waals surface area contributed by atoms with Gasteiger partial charge in [0.05, 0.1) is 41.5 Å². The maximum absolute atomic E-state index is 12.9. The van der Waals surface area contributed by atoms with Gasteiger partial charge in [0.2, 0.25) is 0 Å². The summed E-state index contributed by atoms with van der Waals surface area (Å²) >= 11 is 3.18. The first-order valence-electron chi connectivity index (χ1n) is 8.92. The molecule has 2 aromatic heterocycles. The lowest BCUT2D eigenvalue weighted by atomic mass is 10.0. The average molecular weight is 413 g/mol. The van der Waals surface area contributed by atoms with Crippen LogP contribution in [0.3, 0.4) is 0 Å². The molecule has 0 saturated heterocycles. The molecule has 0 fully saturated rings. The van der Waals surface area contributed by atoms with Gasteiger partial charge in [0.25, 0.3) is 5.91 Å². The molecule has 0 saturated carbocycles. The van der Waals surface area contributed by atoms with E-state index in [2.05, 4.69) is 5.10 Å². The Hall–Kier alpha value is -2.51. The van der Waals surface area contributed by atoms with Crippen LogP contribution in [0.4, 0.5) is 0 Å². The molecule has 0 aliphatic carbocycles. The molecule has 1 aliphatic heterocycles. The third-order valence-electron chi connectivity index (χ3n) is 4.52. The molecule has 5 nitrogen and oxygen atoms in total. The second-order valence-electron chi connectivity index (χ2n) is 6.33. The number of amides is 1. The number of thioether (sulfide) groups is 1. The fourth-order valence-corrected chi connectivity index (χ4v) is 4.61. The number of thiophene rings is 1. The van der Waals surface area contributed by atoms with E-state index in [0.717, 1.165) is 27.7 Å². The minimum atomic E-state index is -0.0975. The maximum Gasteiger partial charge on any atom is 0.253 e. The second-order valence-corrected chi connectivity index (χ2v) is 8.26. The van der Waals surface area contributed by atoms with Gasteiger partial charge in [0.15, 0.2) is 0 Å². The number of carbonyl (C=O) groups is 1. The van der Waals surface area contributed by atoms with Gasteiger partial charge in [-0.3, -0.25) is 4.79 Å². The Morgan fingerprint density at radius 2 is 2.14 bits per heavy atom. The number of rotatable bonds is 7. The van der Waals surface area contributed by atoms with Gasteiger partial charge in [-0.2, -0.15) is 5.10 Å². The van der Waals surface area contributed by atoms with Crippen molar-refractivity contribution in [3.8, 4) is 5.75 Å². The molecule has 144 valence electrons.